The van der Waals surface area contributed by atoms with Gasteiger partial charge >= 0.3 is 0 Å². The van der Waals surface area contributed by atoms with Crippen LogP contribution in [0, 0.1) is 0 Å². The van der Waals surface area contributed by atoms with Gasteiger partial charge in [-0.3, -0.25) is 0 Å². The quantitative estimate of drug-likeness (QED) is 0.433. The number of nitrogens with zero attached hydrogens (tertiary/aromatic N) is 5. The summed E-state index contributed by atoms with van der Waals surface area (Å²) in [4.78, 5) is 31.9. The van der Waals surface area contributed by atoms with E-state index in [0.29, 0.717) is 0 Å². The largest absolute Gasteiger partial charge is 0.394 e. The first-order chi connectivity index (χ1) is 10.6. The third-order valence-electron chi connectivity index (χ3n) is 2.38. The lowest BCUT2D eigenvalue weighted by molar-refractivity contribution is -0.0524. The van der Waals surface area contributed by atoms with E-state index in [2.05, 4.69) is 20.3 Å². The Balaban J connectivity index is 3.19. The van der Waals surface area contributed by atoms with Crippen molar-refractivity contribution in [3.05, 3.63) is 0 Å². The molecule has 12 heteroatoms. The Morgan fingerprint density at radius 1 is 0.864 bits per heavy atom. The van der Waals surface area contributed by atoms with Crippen molar-refractivity contribution >= 4 is 17.8 Å². The van der Waals surface area contributed by atoms with Gasteiger partial charge < -0.3 is 15.5 Å². The highest BCUT2D eigenvalue weighted by Crippen LogP contribution is 2.17. The molecule has 3 N–H and O–H groups in total. The lowest BCUT2D eigenvalue weighted by Gasteiger charge is -2.21. The Hall–Kier alpha value is -1.83. The molecule has 1 aromatic rings. The molecule has 0 fully saturated rings. The van der Waals surface area contributed by atoms with Crippen LogP contribution in [-0.4, -0.2) is 72.9 Å². The molecule has 0 saturated heterocycles. The van der Waals surface area contributed by atoms with Crippen molar-refractivity contribution in [2.75, 3.05) is 57.4 Å². The van der Waals surface area contributed by atoms with Gasteiger partial charge in [0, 0.05) is 0 Å². The maximum absolute atomic E-state index is 9.12. The van der Waals surface area contributed by atoms with Crippen molar-refractivity contribution in [3.63, 3.8) is 0 Å². The van der Waals surface area contributed by atoms with Crippen molar-refractivity contribution < 1.29 is 29.6 Å². The van der Waals surface area contributed by atoms with Crippen LogP contribution in [0.25, 0.3) is 0 Å². The Kier molecular flexibility index (Phi) is 7.65. The molecule has 1 heterocycles. The van der Waals surface area contributed by atoms with Gasteiger partial charge in [0.2, 0.25) is 5.95 Å². The predicted molar refractivity (Wildman–Crippen MR) is 74.4 cm³/mol. The number of anilines is 3. The van der Waals surface area contributed by atoms with Crippen molar-refractivity contribution in [2.24, 2.45) is 0 Å². The van der Waals surface area contributed by atoms with E-state index in [4.69, 9.17) is 29.6 Å². The van der Waals surface area contributed by atoms with Crippen LogP contribution in [0.5, 0.6) is 0 Å². The fraction of sp³-hybridized carbons (Fsp3) is 0.700. The zero-order valence-corrected chi connectivity index (χ0v) is 12.8. The highest BCUT2D eigenvalue weighted by atomic mass is 16.9. The van der Waals surface area contributed by atoms with Crippen molar-refractivity contribution in [2.45, 2.75) is 6.04 Å². The molecule has 0 unspecified atom stereocenters. The Labute approximate surface area is 127 Å². The number of hydrogen-bond donors (Lipinski definition) is 3. The molecule has 0 aliphatic heterocycles. The van der Waals surface area contributed by atoms with Gasteiger partial charge in [0.25, 0.3) is 11.9 Å². The number of hydrogen-bond acceptors (Lipinski definition) is 12. The van der Waals surface area contributed by atoms with Crippen molar-refractivity contribution in [1.82, 2.24) is 15.0 Å². The van der Waals surface area contributed by atoms with Gasteiger partial charge in [-0.2, -0.15) is 15.0 Å². The molecule has 0 bridgehead atoms. The van der Waals surface area contributed by atoms with E-state index in [1.165, 1.54) is 28.4 Å². The minimum absolute atomic E-state index is 0.00812. The van der Waals surface area contributed by atoms with Crippen molar-refractivity contribution in [3.8, 4) is 0 Å². The van der Waals surface area contributed by atoms with E-state index < -0.39 is 6.04 Å². The Morgan fingerprint density at radius 3 is 1.59 bits per heavy atom. The maximum atomic E-state index is 9.12. The molecule has 12 nitrogen and oxygen atoms in total. The normalized spacial score (nSPS) is 10.9. The fourth-order valence-corrected chi connectivity index (χ4v) is 1.39. The van der Waals surface area contributed by atoms with Crippen LogP contribution in [0.2, 0.25) is 0 Å². The first kappa shape index (κ1) is 18.2. The van der Waals surface area contributed by atoms with Gasteiger partial charge in [0.1, 0.15) is 0 Å². The molecule has 126 valence electrons. The van der Waals surface area contributed by atoms with Gasteiger partial charge in [-0.05, 0) is 0 Å². The first-order valence-corrected chi connectivity index (χ1v) is 6.14. The Morgan fingerprint density at radius 2 is 1.27 bits per heavy atom. The second-order valence-corrected chi connectivity index (χ2v) is 3.71. The van der Waals surface area contributed by atoms with E-state index in [-0.39, 0.29) is 31.1 Å². The second-order valence-electron chi connectivity index (χ2n) is 3.71. The van der Waals surface area contributed by atoms with Crippen molar-refractivity contribution in [1.29, 1.82) is 0 Å². The first-order valence-electron chi connectivity index (χ1n) is 6.14. The summed E-state index contributed by atoms with van der Waals surface area (Å²) in [5.74, 6) is 0.0313. The maximum Gasteiger partial charge on any atom is 0.284 e. The lowest BCUT2D eigenvalue weighted by atomic mass is 10.3. The summed E-state index contributed by atoms with van der Waals surface area (Å²) in [6.45, 7) is -0.632. The highest BCUT2D eigenvalue weighted by Gasteiger charge is 2.19. The van der Waals surface area contributed by atoms with Gasteiger partial charge in [-0.1, -0.05) is 10.5 Å². The molecule has 0 saturated carbocycles. The molecule has 0 amide bonds. The SMILES string of the molecule is CON(OC)c1nc(NC(CO)CO)nc(N(OC)OC)n1. The molecule has 0 aliphatic rings. The highest BCUT2D eigenvalue weighted by molar-refractivity contribution is 5.41. The number of aromatic nitrogens is 3. The lowest BCUT2D eigenvalue weighted by Crippen LogP contribution is -2.31. The van der Waals surface area contributed by atoms with Crippen LogP contribution in [-0.2, 0) is 19.4 Å². The monoisotopic (exact) mass is 320 g/mol. The second kappa shape index (κ2) is 9.24. The van der Waals surface area contributed by atoms with E-state index >= 15 is 0 Å². The van der Waals surface area contributed by atoms with Gasteiger partial charge in [0.15, 0.2) is 0 Å². The molecule has 0 spiro atoms. The molecule has 1 rings (SSSR count). The average molecular weight is 320 g/mol. The summed E-state index contributed by atoms with van der Waals surface area (Å²) in [7, 11) is 5.42. The van der Waals surface area contributed by atoms with Gasteiger partial charge in [0.05, 0.1) is 47.7 Å². The van der Waals surface area contributed by atoms with E-state index in [9.17, 15) is 0 Å². The summed E-state index contributed by atoms with van der Waals surface area (Å²) in [6, 6.07) is -0.653. The third-order valence-corrected chi connectivity index (χ3v) is 2.38. The van der Waals surface area contributed by atoms with Crippen LogP contribution in [0.4, 0.5) is 17.8 Å². The minimum atomic E-state index is -0.653. The Bertz CT molecular complexity index is 410. The minimum Gasteiger partial charge on any atom is -0.394 e. The molecule has 1 aromatic heterocycles. The van der Waals surface area contributed by atoms with Crippen LogP contribution in [0.15, 0.2) is 0 Å². The smallest absolute Gasteiger partial charge is 0.284 e. The zero-order valence-electron chi connectivity index (χ0n) is 12.8. The van der Waals surface area contributed by atoms with Gasteiger partial charge in [-0.25, -0.2) is 19.4 Å². The molecule has 0 radical (unpaired) electrons. The van der Waals surface area contributed by atoms with Crippen LogP contribution < -0.4 is 15.8 Å². The zero-order chi connectivity index (χ0) is 16.5. The summed E-state index contributed by atoms with van der Waals surface area (Å²) in [5.41, 5.74) is 0. The third kappa shape index (κ3) is 4.59. The average Bonchev–Trinajstić information content (AvgIpc) is 2.55. The van der Waals surface area contributed by atoms with E-state index in [0.717, 1.165) is 10.5 Å². The number of aliphatic hydroxyl groups excluding tert-OH is 2. The van der Waals surface area contributed by atoms with Crippen LogP contribution in [0.1, 0.15) is 0 Å². The molecular weight excluding hydrogens is 300 g/mol. The fourth-order valence-electron chi connectivity index (χ4n) is 1.39. The van der Waals surface area contributed by atoms with Gasteiger partial charge in [-0.15, -0.1) is 0 Å². The topological polar surface area (TPSA) is 135 Å². The molecule has 22 heavy (non-hydrogen) atoms. The summed E-state index contributed by atoms with van der Waals surface area (Å²) in [5, 5.41) is 22.8. The van der Waals surface area contributed by atoms with E-state index in [1.807, 2.05) is 0 Å². The van der Waals surface area contributed by atoms with E-state index in [1.54, 1.807) is 0 Å². The standard InChI is InChI=1S/C10H20N6O6/c1-19-15(20-2)9-12-8(11-7(5-17)6-18)13-10(14-9)16(21-3)22-4/h7,17-18H,5-6H2,1-4H3,(H,11,12,13,14). The number of rotatable bonds is 10. The number of aliphatic hydroxyl groups is 2. The predicted octanol–water partition coefficient (Wildman–Crippen LogP) is -1.50. The molecule has 0 aliphatic carbocycles. The molecule has 0 aromatic carbocycles. The molecule has 0 atom stereocenters. The molecular formula is C10H20N6O6. The van der Waals surface area contributed by atoms with Crippen LogP contribution >= 0.6 is 0 Å². The summed E-state index contributed by atoms with van der Waals surface area (Å²) >= 11 is 0. The number of nitrogens with one attached hydrogen (secondary N) is 1. The van der Waals surface area contributed by atoms with Crippen LogP contribution in [0.3, 0.4) is 0 Å². The summed E-state index contributed by atoms with van der Waals surface area (Å²) in [6.07, 6.45) is 0. The summed E-state index contributed by atoms with van der Waals surface area (Å²) < 4.78 is 0.